The number of hydrogen-bond acceptors (Lipinski definition) is 4. The zero-order chi connectivity index (χ0) is 18.6. The molecule has 0 aliphatic carbocycles. The highest BCUT2D eigenvalue weighted by Gasteiger charge is 2.29. The van der Waals surface area contributed by atoms with Crippen LogP contribution < -0.4 is 4.74 Å². The van der Waals surface area contributed by atoms with E-state index >= 15 is 0 Å². The van der Waals surface area contributed by atoms with E-state index in [-0.39, 0.29) is 5.69 Å². The van der Waals surface area contributed by atoms with Crippen LogP contribution >= 0.6 is 0 Å². The lowest BCUT2D eigenvalue weighted by Crippen LogP contribution is -2.05. The third-order valence-corrected chi connectivity index (χ3v) is 3.70. The van der Waals surface area contributed by atoms with Gasteiger partial charge >= 0.3 is 6.18 Å². The van der Waals surface area contributed by atoms with Crippen molar-refractivity contribution in [3.8, 4) is 23.1 Å². The van der Waals surface area contributed by atoms with Crippen LogP contribution in [0.15, 0.2) is 48.5 Å². The molecule has 1 aromatic heterocycles. The molecule has 0 fully saturated rings. The number of H-pyrrole nitrogens is 1. The zero-order valence-electron chi connectivity index (χ0n) is 13.4. The Morgan fingerprint density at radius 1 is 1.08 bits per heavy atom. The summed E-state index contributed by atoms with van der Waals surface area (Å²) < 4.78 is 43.1. The molecule has 0 radical (unpaired) electrons. The van der Waals surface area contributed by atoms with E-state index in [0.29, 0.717) is 24.5 Å². The number of ether oxygens (including phenoxy) is 1. The lowest BCUT2D eigenvalue weighted by Gasteiger charge is -2.09. The molecule has 26 heavy (non-hydrogen) atoms. The number of aromatic nitrogens is 3. The second kappa shape index (κ2) is 7.27. The molecule has 1 N–H and O–H groups in total. The van der Waals surface area contributed by atoms with Crippen LogP contribution in [0, 0.1) is 11.3 Å². The Morgan fingerprint density at radius 3 is 2.54 bits per heavy atom. The van der Waals surface area contributed by atoms with Crippen molar-refractivity contribution in [1.82, 2.24) is 15.4 Å². The molecular formula is C18H13F3N4O. The van der Waals surface area contributed by atoms with Crippen LogP contribution in [0.1, 0.15) is 16.8 Å². The molecule has 3 aromatic rings. The first-order valence-corrected chi connectivity index (χ1v) is 7.67. The molecule has 0 spiro atoms. The van der Waals surface area contributed by atoms with Gasteiger partial charge in [-0.05, 0) is 35.9 Å². The fourth-order valence-electron chi connectivity index (χ4n) is 2.41. The first-order valence-electron chi connectivity index (χ1n) is 7.67. The van der Waals surface area contributed by atoms with Gasteiger partial charge in [0.2, 0.25) is 0 Å². The number of hydrogen-bond donors (Lipinski definition) is 1. The minimum atomic E-state index is -4.36. The lowest BCUT2D eigenvalue weighted by molar-refractivity contribution is -0.137. The minimum absolute atomic E-state index is 0.211. The summed E-state index contributed by atoms with van der Waals surface area (Å²) >= 11 is 0. The maximum Gasteiger partial charge on any atom is 0.416 e. The predicted molar refractivity (Wildman–Crippen MR) is 87.2 cm³/mol. The van der Waals surface area contributed by atoms with Crippen molar-refractivity contribution in [2.75, 3.05) is 6.61 Å². The van der Waals surface area contributed by atoms with E-state index in [1.165, 1.54) is 12.1 Å². The smallest absolute Gasteiger partial charge is 0.416 e. The summed E-state index contributed by atoms with van der Waals surface area (Å²) in [5, 5.41) is 19.2. The average Bonchev–Trinajstić information content (AvgIpc) is 3.10. The molecule has 3 rings (SSSR count). The normalized spacial score (nSPS) is 11.2. The van der Waals surface area contributed by atoms with Crippen LogP contribution in [-0.2, 0) is 12.6 Å². The Balaban J connectivity index is 1.62. The molecular weight excluding hydrogens is 345 g/mol. The van der Waals surface area contributed by atoms with Crippen LogP contribution in [0.25, 0.3) is 11.3 Å². The fraction of sp³-hybridized carbons (Fsp3) is 0.167. The van der Waals surface area contributed by atoms with Gasteiger partial charge < -0.3 is 4.74 Å². The van der Waals surface area contributed by atoms with Crippen molar-refractivity contribution in [3.63, 3.8) is 0 Å². The number of halogens is 3. The third-order valence-electron chi connectivity index (χ3n) is 3.70. The van der Waals surface area contributed by atoms with Crippen molar-refractivity contribution in [3.05, 3.63) is 65.4 Å². The molecule has 0 aliphatic rings. The lowest BCUT2D eigenvalue weighted by atomic mass is 10.1. The van der Waals surface area contributed by atoms with E-state index in [1.54, 1.807) is 0 Å². The molecule has 0 unspecified atom stereocenters. The Kier molecular flexibility index (Phi) is 4.89. The molecule has 132 valence electrons. The van der Waals surface area contributed by atoms with Crippen molar-refractivity contribution in [2.45, 2.75) is 12.6 Å². The second-order valence-corrected chi connectivity index (χ2v) is 5.45. The third kappa shape index (κ3) is 4.00. The van der Waals surface area contributed by atoms with E-state index in [4.69, 9.17) is 10.00 Å². The number of aromatic amines is 1. The van der Waals surface area contributed by atoms with E-state index in [1.807, 2.05) is 30.3 Å². The SMILES string of the molecule is N#Cc1n[nH]nc1-c1cccc(CCOc2ccc(C(F)(F)F)cc2)c1. The van der Waals surface area contributed by atoms with Gasteiger partial charge in [0.1, 0.15) is 17.5 Å². The summed E-state index contributed by atoms with van der Waals surface area (Å²) in [6, 6.07) is 14.0. The van der Waals surface area contributed by atoms with Gasteiger partial charge in [0.05, 0.1) is 12.2 Å². The first kappa shape index (κ1) is 17.5. The summed E-state index contributed by atoms with van der Waals surface area (Å²) in [5.41, 5.74) is 1.67. The summed E-state index contributed by atoms with van der Waals surface area (Å²) in [6.07, 6.45) is -3.81. The molecule has 2 aromatic carbocycles. The molecule has 0 aliphatic heterocycles. The quantitative estimate of drug-likeness (QED) is 0.748. The molecule has 1 heterocycles. The number of rotatable bonds is 5. The van der Waals surface area contributed by atoms with Crippen molar-refractivity contribution >= 4 is 0 Å². The summed E-state index contributed by atoms with van der Waals surface area (Å²) in [6.45, 7) is 0.304. The van der Waals surface area contributed by atoms with Crippen molar-refractivity contribution in [1.29, 1.82) is 5.26 Å². The highest BCUT2D eigenvalue weighted by molar-refractivity contribution is 5.64. The maximum absolute atomic E-state index is 12.5. The highest BCUT2D eigenvalue weighted by atomic mass is 19.4. The maximum atomic E-state index is 12.5. The first-order chi connectivity index (χ1) is 12.5. The highest BCUT2D eigenvalue weighted by Crippen LogP contribution is 2.30. The van der Waals surface area contributed by atoms with E-state index in [2.05, 4.69) is 15.4 Å². The number of benzene rings is 2. The fourth-order valence-corrected chi connectivity index (χ4v) is 2.41. The minimum Gasteiger partial charge on any atom is -0.493 e. The number of alkyl halides is 3. The second-order valence-electron chi connectivity index (χ2n) is 5.45. The molecule has 0 saturated heterocycles. The molecule has 5 nitrogen and oxygen atoms in total. The van der Waals surface area contributed by atoms with E-state index in [0.717, 1.165) is 23.3 Å². The monoisotopic (exact) mass is 358 g/mol. The molecule has 0 amide bonds. The van der Waals surface area contributed by atoms with Crippen molar-refractivity contribution in [2.24, 2.45) is 0 Å². The molecule has 8 heteroatoms. The van der Waals surface area contributed by atoms with Crippen LogP contribution in [0.5, 0.6) is 5.75 Å². The zero-order valence-corrected chi connectivity index (χ0v) is 13.4. The predicted octanol–water partition coefficient (Wildman–Crippen LogP) is 3.98. The topological polar surface area (TPSA) is 74.6 Å². The Hall–Kier alpha value is -3.34. The summed E-state index contributed by atoms with van der Waals surface area (Å²) in [5.74, 6) is 0.373. The number of nitrogens with one attached hydrogen (secondary N) is 1. The van der Waals surface area contributed by atoms with Gasteiger partial charge in [-0.2, -0.15) is 28.7 Å². The number of nitriles is 1. The van der Waals surface area contributed by atoms with Gasteiger partial charge in [-0.1, -0.05) is 18.2 Å². The molecule has 0 saturated carbocycles. The van der Waals surface area contributed by atoms with Gasteiger partial charge in [-0.3, -0.25) is 0 Å². The van der Waals surface area contributed by atoms with Gasteiger partial charge in [-0.15, -0.1) is 5.10 Å². The summed E-state index contributed by atoms with van der Waals surface area (Å²) in [4.78, 5) is 0. The Labute approximate surface area is 147 Å². The van der Waals surface area contributed by atoms with E-state index in [9.17, 15) is 13.2 Å². The van der Waals surface area contributed by atoms with Gasteiger partial charge in [-0.25, -0.2) is 0 Å². The largest absolute Gasteiger partial charge is 0.493 e. The van der Waals surface area contributed by atoms with Crippen LogP contribution in [0.3, 0.4) is 0 Å². The van der Waals surface area contributed by atoms with Crippen LogP contribution in [0.2, 0.25) is 0 Å². The van der Waals surface area contributed by atoms with Crippen molar-refractivity contribution < 1.29 is 17.9 Å². The molecule has 0 bridgehead atoms. The van der Waals surface area contributed by atoms with E-state index < -0.39 is 11.7 Å². The van der Waals surface area contributed by atoms with Gasteiger partial charge in [0, 0.05) is 12.0 Å². The molecule has 0 atom stereocenters. The van der Waals surface area contributed by atoms with Crippen LogP contribution in [0.4, 0.5) is 13.2 Å². The van der Waals surface area contributed by atoms with Gasteiger partial charge in [0.15, 0.2) is 5.69 Å². The standard InChI is InChI=1S/C18H13F3N4O/c19-18(20,21)14-4-6-15(7-5-14)26-9-8-12-2-1-3-13(10-12)17-16(11-22)23-25-24-17/h1-7,10H,8-9H2,(H,23,24,25). The Morgan fingerprint density at radius 2 is 1.85 bits per heavy atom. The average molecular weight is 358 g/mol. The number of nitrogens with zero attached hydrogens (tertiary/aromatic N) is 3. The van der Waals surface area contributed by atoms with Crippen LogP contribution in [-0.4, -0.2) is 22.0 Å². The van der Waals surface area contributed by atoms with Gasteiger partial charge in [0.25, 0.3) is 0 Å². The Bertz CT molecular complexity index is 927. The summed E-state index contributed by atoms with van der Waals surface area (Å²) in [7, 11) is 0.